The molecule has 6 N–H and O–H groups in total. The van der Waals surface area contributed by atoms with Gasteiger partial charge in [0.1, 0.15) is 17.5 Å². The number of aromatic nitrogens is 2. The lowest BCUT2D eigenvalue weighted by atomic mass is 9.38. The third-order valence-corrected chi connectivity index (χ3v) is 11.5. The highest BCUT2D eigenvalue weighted by molar-refractivity contribution is 6.23. The smallest absolute Gasteiger partial charge is 0.262 e. The second kappa shape index (κ2) is 16.1. The lowest BCUT2D eigenvalue weighted by molar-refractivity contribution is -0.171. The number of nitrogen functional groups attached to an aromatic ring is 1. The summed E-state index contributed by atoms with van der Waals surface area (Å²) < 4.78 is 5.99. The van der Waals surface area contributed by atoms with Gasteiger partial charge in [-0.1, -0.05) is 50.7 Å². The zero-order chi connectivity index (χ0) is 38.6. The van der Waals surface area contributed by atoms with E-state index in [0.29, 0.717) is 30.0 Å². The molecule has 2 aliphatic heterocycles. The number of phenols is 1. The molecule has 14 heteroatoms. The number of carbonyl (C=O) groups excluding carboxylic acids is 5. The van der Waals surface area contributed by atoms with Crippen LogP contribution in [0.5, 0.6) is 11.5 Å². The van der Waals surface area contributed by atoms with Gasteiger partial charge in [0.2, 0.25) is 17.7 Å². The Morgan fingerprint density at radius 3 is 2.35 bits per heavy atom. The van der Waals surface area contributed by atoms with Gasteiger partial charge < -0.3 is 26.2 Å². The molecule has 3 aromatic rings. The fourth-order valence-electron chi connectivity index (χ4n) is 8.74. The third kappa shape index (κ3) is 8.27. The number of para-hydroxylation sites is 1. The van der Waals surface area contributed by atoms with Gasteiger partial charge >= 0.3 is 0 Å². The number of anilines is 2. The van der Waals surface area contributed by atoms with E-state index in [1.165, 1.54) is 0 Å². The molecule has 5 amide bonds. The predicted molar refractivity (Wildman–Crippen MR) is 204 cm³/mol. The number of rotatable bonds is 19. The second-order valence-electron chi connectivity index (χ2n) is 15.7. The number of unbranched alkanes of at least 4 members (excludes halogenated alkanes) is 7. The Bertz CT molecular complexity index is 1960. The Hall–Kier alpha value is -5.53. The molecule has 1 unspecified atom stereocenters. The molecule has 4 fully saturated rings. The van der Waals surface area contributed by atoms with E-state index in [1.807, 2.05) is 6.07 Å². The first kappa shape index (κ1) is 37.8. The highest BCUT2D eigenvalue weighted by Gasteiger charge is 2.67. The maximum Gasteiger partial charge on any atom is 0.262 e. The van der Waals surface area contributed by atoms with Crippen molar-refractivity contribution in [1.29, 1.82) is 0 Å². The second-order valence-corrected chi connectivity index (χ2v) is 15.7. The van der Waals surface area contributed by atoms with Crippen LogP contribution >= 0.6 is 0 Å². The van der Waals surface area contributed by atoms with Gasteiger partial charge in [-0.2, -0.15) is 0 Å². The lowest BCUT2D eigenvalue weighted by Crippen LogP contribution is -2.74. The number of nitrogens with two attached hydrogens (primary N) is 1. The van der Waals surface area contributed by atoms with E-state index in [9.17, 15) is 29.1 Å². The minimum Gasteiger partial charge on any atom is -0.507 e. The summed E-state index contributed by atoms with van der Waals surface area (Å²) in [5.74, 6) is -1.09. The molecule has 8 rings (SSSR count). The van der Waals surface area contributed by atoms with Crippen LogP contribution in [0.2, 0.25) is 0 Å². The third-order valence-electron chi connectivity index (χ3n) is 11.5. The summed E-state index contributed by atoms with van der Waals surface area (Å²) in [7, 11) is 0. The van der Waals surface area contributed by atoms with Gasteiger partial charge in [-0.3, -0.25) is 34.2 Å². The Balaban J connectivity index is 0.704. The fourth-order valence-corrected chi connectivity index (χ4v) is 8.74. The van der Waals surface area contributed by atoms with Crippen molar-refractivity contribution in [2.45, 2.75) is 108 Å². The SMILES string of the molecule is Nc1nnc(-c2ccccc2O)cc1OCCC12CC(NC(=O)CCCCCCCCCCNc3ccc4c(c3)C(=O)N(C3CCC(=O)NC3=O)C4=O)(C1)C2. The van der Waals surface area contributed by atoms with Crippen LogP contribution in [0, 0.1) is 5.41 Å². The summed E-state index contributed by atoms with van der Waals surface area (Å²) in [6.07, 6.45) is 13.1. The monoisotopic (exact) mass is 751 g/mol. The van der Waals surface area contributed by atoms with E-state index in [4.69, 9.17) is 10.5 Å². The number of imide groups is 2. The normalized spacial score (nSPS) is 22.4. The molecule has 1 saturated heterocycles. The molecular weight excluding hydrogens is 702 g/mol. The molecule has 3 aliphatic carbocycles. The summed E-state index contributed by atoms with van der Waals surface area (Å²) in [6.45, 7) is 1.24. The van der Waals surface area contributed by atoms with Crippen molar-refractivity contribution in [3.05, 3.63) is 59.7 Å². The fraction of sp³-hybridized carbons (Fsp3) is 0.488. The molecule has 3 heterocycles. The first-order valence-corrected chi connectivity index (χ1v) is 19.5. The van der Waals surface area contributed by atoms with Crippen LogP contribution in [0.25, 0.3) is 11.3 Å². The lowest BCUT2D eigenvalue weighted by Gasteiger charge is -2.71. The average molecular weight is 752 g/mol. The molecule has 290 valence electrons. The standard InChI is InChI=1S/C41H49N7O7/c42-36-33(22-30(46-47-36)28-11-8-9-12-32(28)49)55-20-18-40-23-41(24-40,25-40)45-35(51)13-7-5-3-1-2-4-6-10-19-43-26-14-15-27-29(21-26)39(54)48(38(27)53)31-16-17-34(50)44-37(31)52/h8-9,11-12,14-15,21-22,31,43,49H,1-7,10,13,16-20,23-25H2,(H2,42,47)(H,45,51)(H,44,50,52). The van der Waals surface area contributed by atoms with Crippen LogP contribution in [-0.4, -0.2) is 74.5 Å². The Kier molecular flexibility index (Phi) is 11.0. The summed E-state index contributed by atoms with van der Waals surface area (Å²) in [4.78, 5) is 63.4. The number of hydrogen-bond donors (Lipinski definition) is 5. The number of nitrogens with one attached hydrogen (secondary N) is 3. The minimum absolute atomic E-state index is 0.0445. The summed E-state index contributed by atoms with van der Waals surface area (Å²) in [6, 6.07) is 12.7. The number of carbonyl (C=O) groups is 5. The van der Waals surface area contributed by atoms with Gasteiger partial charge in [-0.15, -0.1) is 10.2 Å². The van der Waals surface area contributed by atoms with Crippen molar-refractivity contribution in [2.24, 2.45) is 5.41 Å². The quantitative estimate of drug-likeness (QED) is 0.0789. The molecule has 5 aliphatic rings. The highest BCUT2D eigenvalue weighted by atomic mass is 16.5. The number of benzene rings is 2. The van der Waals surface area contributed by atoms with Crippen LogP contribution in [0.1, 0.15) is 117 Å². The van der Waals surface area contributed by atoms with E-state index >= 15 is 0 Å². The molecule has 2 bridgehead atoms. The first-order valence-electron chi connectivity index (χ1n) is 19.5. The molecule has 1 aromatic heterocycles. The van der Waals surface area contributed by atoms with Gasteiger partial charge in [0, 0.05) is 42.2 Å². The van der Waals surface area contributed by atoms with Gasteiger partial charge in [0.05, 0.1) is 17.7 Å². The highest BCUT2D eigenvalue weighted by Crippen LogP contribution is 2.69. The molecule has 14 nitrogen and oxygen atoms in total. The van der Waals surface area contributed by atoms with Crippen molar-refractivity contribution in [3.8, 4) is 22.8 Å². The van der Waals surface area contributed by atoms with Gasteiger partial charge in [0.15, 0.2) is 11.6 Å². The van der Waals surface area contributed by atoms with Gasteiger partial charge in [-0.05, 0) is 80.7 Å². The number of ether oxygens (including phenoxy) is 1. The largest absolute Gasteiger partial charge is 0.507 e. The van der Waals surface area contributed by atoms with E-state index < -0.39 is 29.7 Å². The van der Waals surface area contributed by atoms with Gasteiger partial charge in [-0.25, -0.2) is 0 Å². The molecule has 2 aromatic carbocycles. The van der Waals surface area contributed by atoms with Crippen molar-refractivity contribution in [1.82, 2.24) is 25.7 Å². The summed E-state index contributed by atoms with van der Waals surface area (Å²) >= 11 is 0. The van der Waals surface area contributed by atoms with Crippen molar-refractivity contribution in [2.75, 3.05) is 24.2 Å². The Morgan fingerprint density at radius 1 is 0.891 bits per heavy atom. The molecular formula is C41H49N7O7. The van der Waals surface area contributed by atoms with Crippen molar-refractivity contribution in [3.63, 3.8) is 0 Å². The average Bonchev–Trinajstić information content (AvgIpc) is 3.38. The molecule has 1 atom stereocenters. The number of piperidine rings is 1. The maximum atomic E-state index is 13.0. The van der Waals surface area contributed by atoms with Crippen LogP contribution < -0.4 is 26.4 Å². The van der Waals surface area contributed by atoms with E-state index in [1.54, 1.807) is 42.5 Å². The number of nitrogens with zero attached hydrogens (tertiary/aromatic N) is 3. The number of amides is 5. The zero-order valence-corrected chi connectivity index (χ0v) is 31.0. The molecule has 55 heavy (non-hydrogen) atoms. The predicted octanol–water partition coefficient (Wildman–Crippen LogP) is 5.26. The van der Waals surface area contributed by atoms with E-state index in [-0.39, 0.29) is 52.4 Å². The maximum absolute atomic E-state index is 13.0. The summed E-state index contributed by atoms with van der Waals surface area (Å²) in [5.41, 5.74) is 8.53. The number of fused-ring (bicyclic) bond motifs is 1. The van der Waals surface area contributed by atoms with Crippen LogP contribution in [-0.2, 0) is 14.4 Å². The van der Waals surface area contributed by atoms with E-state index in [0.717, 1.165) is 94.2 Å². The molecule has 0 spiro atoms. The van der Waals surface area contributed by atoms with Crippen molar-refractivity contribution < 1.29 is 33.8 Å². The van der Waals surface area contributed by atoms with Crippen LogP contribution in [0.3, 0.4) is 0 Å². The first-order chi connectivity index (χ1) is 26.6. The Morgan fingerprint density at radius 2 is 1.60 bits per heavy atom. The number of aromatic hydroxyl groups is 1. The van der Waals surface area contributed by atoms with Crippen molar-refractivity contribution >= 4 is 41.0 Å². The topological polar surface area (TPSA) is 206 Å². The van der Waals surface area contributed by atoms with Crippen LogP contribution in [0.4, 0.5) is 11.5 Å². The number of phenolic OH excluding ortho intramolecular Hbond substituents is 1. The number of hydrogen-bond acceptors (Lipinski definition) is 11. The summed E-state index contributed by atoms with van der Waals surface area (Å²) in [5, 5.41) is 27.1. The zero-order valence-electron chi connectivity index (χ0n) is 31.0. The minimum atomic E-state index is -0.968. The van der Waals surface area contributed by atoms with Crippen LogP contribution in [0.15, 0.2) is 48.5 Å². The molecule has 0 radical (unpaired) electrons. The Labute approximate surface area is 320 Å². The molecule has 3 saturated carbocycles. The van der Waals surface area contributed by atoms with E-state index in [2.05, 4.69) is 26.1 Å². The van der Waals surface area contributed by atoms with Gasteiger partial charge in [0.25, 0.3) is 11.8 Å².